The van der Waals surface area contributed by atoms with Crippen molar-refractivity contribution in [2.45, 2.75) is 63.8 Å². The third-order valence-electron chi connectivity index (χ3n) is 7.69. The molecule has 4 aliphatic carbocycles. The number of methoxy groups -OCH3 is 1. The molecule has 4 aliphatic rings. The van der Waals surface area contributed by atoms with Crippen LogP contribution in [0.25, 0.3) is 0 Å². The Morgan fingerprint density at radius 2 is 1.93 bits per heavy atom. The minimum Gasteiger partial charge on any atom is -0.497 e. The van der Waals surface area contributed by atoms with Crippen molar-refractivity contribution in [2.24, 2.45) is 17.3 Å². The van der Waals surface area contributed by atoms with Gasteiger partial charge in [-0.1, -0.05) is 12.1 Å². The van der Waals surface area contributed by atoms with Gasteiger partial charge in [-0.25, -0.2) is 9.67 Å². The van der Waals surface area contributed by atoms with Gasteiger partial charge >= 0.3 is 0 Å². The van der Waals surface area contributed by atoms with E-state index in [0.29, 0.717) is 11.8 Å². The lowest BCUT2D eigenvalue weighted by Crippen LogP contribution is -2.61. The predicted molar refractivity (Wildman–Crippen MR) is 114 cm³/mol. The number of aryl methyl sites for hydroxylation is 2. The van der Waals surface area contributed by atoms with Crippen LogP contribution in [-0.2, 0) is 16.8 Å². The number of hydrogen-bond acceptors (Lipinski definition) is 4. The van der Waals surface area contributed by atoms with Crippen molar-refractivity contribution in [2.75, 3.05) is 13.7 Å². The van der Waals surface area contributed by atoms with Crippen molar-refractivity contribution in [3.8, 4) is 5.75 Å². The highest BCUT2D eigenvalue weighted by molar-refractivity contribution is 5.83. The van der Waals surface area contributed by atoms with Crippen molar-refractivity contribution < 1.29 is 9.53 Å². The molecule has 6 nitrogen and oxygen atoms in total. The molecular formula is C24H32N4O2. The molecule has 1 heterocycles. The summed E-state index contributed by atoms with van der Waals surface area (Å²) in [4.78, 5) is 17.8. The van der Waals surface area contributed by atoms with Crippen LogP contribution in [0.2, 0.25) is 0 Å². The monoisotopic (exact) mass is 408 g/mol. The molecule has 2 atom stereocenters. The Labute approximate surface area is 178 Å². The third kappa shape index (κ3) is 3.40. The van der Waals surface area contributed by atoms with Gasteiger partial charge in [0.1, 0.15) is 17.9 Å². The van der Waals surface area contributed by atoms with E-state index in [1.165, 1.54) is 12.0 Å². The zero-order valence-electron chi connectivity index (χ0n) is 18.1. The number of hydrogen-bond donors (Lipinski definition) is 1. The second-order valence-electron chi connectivity index (χ2n) is 9.91. The third-order valence-corrected chi connectivity index (χ3v) is 7.69. The van der Waals surface area contributed by atoms with Crippen molar-refractivity contribution >= 4 is 5.91 Å². The van der Waals surface area contributed by atoms with Crippen LogP contribution in [0, 0.1) is 24.2 Å². The summed E-state index contributed by atoms with van der Waals surface area (Å²) in [5.74, 6) is 3.25. The number of carbonyl (C=O) groups is 1. The van der Waals surface area contributed by atoms with Gasteiger partial charge in [-0.3, -0.25) is 4.79 Å². The van der Waals surface area contributed by atoms with Crippen LogP contribution in [0.1, 0.15) is 56.3 Å². The van der Waals surface area contributed by atoms with Gasteiger partial charge in [0.15, 0.2) is 0 Å². The van der Waals surface area contributed by atoms with E-state index in [-0.39, 0.29) is 16.9 Å². The molecule has 30 heavy (non-hydrogen) atoms. The van der Waals surface area contributed by atoms with E-state index >= 15 is 0 Å². The number of nitrogens with zero attached hydrogens (tertiary/aromatic N) is 3. The Hall–Kier alpha value is -2.37. The van der Waals surface area contributed by atoms with E-state index in [1.807, 2.05) is 25.4 Å². The van der Waals surface area contributed by atoms with Crippen LogP contribution in [0.4, 0.5) is 0 Å². The first kappa shape index (κ1) is 19.6. The maximum Gasteiger partial charge on any atom is 0.226 e. The molecule has 2 unspecified atom stereocenters. The van der Waals surface area contributed by atoms with Crippen LogP contribution in [0.5, 0.6) is 5.75 Å². The van der Waals surface area contributed by atoms with Gasteiger partial charge in [-0.05, 0) is 87.8 Å². The summed E-state index contributed by atoms with van der Waals surface area (Å²) < 4.78 is 7.32. The molecule has 4 bridgehead atoms. The smallest absolute Gasteiger partial charge is 0.226 e. The summed E-state index contributed by atoms with van der Waals surface area (Å²) in [6.45, 7) is 2.68. The van der Waals surface area contributed by atoms with Crippen LogP contribution in [-0.4, -0.2) is 34.3 Å². The average Bonchev–Trinajstić information content (AvgIpc) is 3.18. The quantitative estimate of drug-likeness (QED) is 0.710. The molecule has 1 aromatic carbocycles. The number of benzene rings is 1. The minimum atomic E-state index is -0.218. The number of amides is 1. The maximum absolute atomic E-state index is 13.4. The van der Waals surface area contributed by atoms with Gasteiger partial charge in [0.2, 0.25) is 5.91 Å². The average molecular weight is 409 g/mol. The molecule has 1 N–H and O–H groups in total. The number of aromatic nitrogens is 3. The lowest BCUT2D eigenvalue weighted by molar-refractivity contribution is -0.156. The molecule has 6 rings (SSSR count). The summed E-state index contributed by atoms with van der Waals surface area (Å²) >= 11 is 0. The van der Waals surface area contributed by atoms with Crippen LogP contribution >= 0.6 is 0 Å². The summed E-state index contributed by atoms with van der Waals surface area (Å²) in [7, 11) is 1.68. The normalized spacial score (nSPS) is 31.7. The highest BCUT2D eigenvalue weighted by Crippen LogP contribution is 2.64. The van der Waals surface area contributed by atoms with E-state index in [1.54, 1.807) is 7.11 Å². The second kappa shape index (κ2) is 7.40. The molecule has 6 heteroatoms. The predicted octanol–water partition coefficient (Wildman–Crippen LogP) is 3.64. The topological polar surface area (TPSA) is 69.0 Å². The van der Waals surface area contributed by atoms with Gasteiger partial charge in [-0.15, -0.1) is 0 Å². The van der Waals surface area contributed by atoms with E-state index < -0.39 is 0 Å². The molecule has 2 aromatic rings. The Morgan fingerprint density at radius 3 is 2.57 bits per heavy atom. The van der Waals surface area contributed by atoms with E-state index in [9.17, 15) is 4.79 Å². The van der Waals surface area contributed by atoms with Crippen molar-refractivity contribution in [3.05, 3.63) is 42.0 Å². The summed E-state index contributed by atoms with van der Waals surface area (Å²) in [5.41, 5.74) is 1.05. The lowest BCUT2D eigenvalue weighted by Gasteiger charge is -2.60. The molecule has 0 saturated heterocycles. The SMILES string of the molecule is COc1ccc(CCCNC(=O)C23CC4CC(C2)CC(n2cnc(C)n2)(C4)C3)cc1. The Kier molecular flexibility index (Phi) is 4.83. The van der Waals surface area contributed by atoms with E-state index in [4.69, 9.17) is 4.74 Å². The van der Waals surface area contributed by atoms with Crippen LogP contribution in [0.15, 0.2) is 30.6 Å². The summed E-state index contributed by atoms with van der Waals surface area (Å²) in [5, 5.41) is 7.97. The highest BCUT2D eigenvalue weighted by atomic mass is 16.5. The molecule has 4 fully saturated rings. The fourth-order valence-corrected chi connectivity index (χ4v) is 6.80. The zero-order chi connectivity index (χ0) is 20.8. The number of carbonyl (C=O) groups excluding carboxylic acids is 1. The second-order valence-corrected chi connectivity index (χ2v) is 9.91. The number of rotatable bonds is 7. The lowest BCUT2D eigenvalue weighted by atomic mass is 9.46. The van der Waals surface area contributed by atoms with Crippen molar-refractivity contribution in [1.82, 2.24) is 20.1 Å². The first-order chi connectivity index (χ1) is 14.5. The summed E-state index contributed by atoms with van der Waals surface area (Å²) in [6.07, 6.45) is 10.4. The van der Waals surface area contributed by atoms with Gasteiger partial charge in [-0.2, -0.15) is 5.10 Å². The van der Waals surface area contributed by atoms with Gasteiger partial charge in [0.25, 0.3) is 0 Å². The summed E-state index contributed by atoms with van der Waals surface area (Å²) in [6, 6.07) is 8.19. The first-order valence-electron chi connectivity index (χ1n) is 11.3. The van der Waals surface area contributed by atoms with Gasteiger partial charge in [0, 0.05) is 6.54 Å². The van der Waals surface area contributed by atoms with Gasteiger partial charge in [0.05, 0.1) is 18.1 Å². The van der Waals surface area contributed by atoms with Crippen LogP contribution in [0.3, 0.4) is 0 Å². The van der Waals surface area contributed by atoms with E-state index in [2.05, 4.69) is 32.2 Å². The van der Waals surface area contributed by atoms with Crippen molar-refractivity contribution in [1.29, 1.82) is 0 Å². The van der Waals surface area contributed by atoms with Crippen LogP contribution < -0.4 is 10.1 Å². The molecule has 0 spiro atoms. The van der Waals surface area contributed by atoms with E-state index in [0.717, 1.165) is 63.1 Å². The fraction of sp³-hybridized carbons (Fsp3) is 0.625. The molecule has 1 amide bonds. The standard InChI is InChI=1S/C24H32N4O2/c1-17-26-16-28(27-17)24-13-19-10-20(14-24)12-23(11-19,15-24)22(29)25-9-3-4-18-5-7-21(30-2)8-6-18/h5-8,16,19-20H,3-4,9-15H2,1-2H3,(H,25,29). The minimum absolute atomic E-state index is 0.00816. The maximum atomic E-state index is 13.4. The number of ether oxygens (including phenoxy) is 1. The Bertz CT molecular complexity index is 906. The largest absolute Gasteiger partial charge is 0.497 e. The molecule has 1 aromatic heterocycles. The molecule has 4 saturated carbocycles. The highest BCUT2D eigenvalue weighted by Gasteiger charge is 2.61. The molecule has 160 valence electrons. The Balaban J connectivity index is 1.23. The Morgan fingerprint density at radius 1 is 1.20 bits per heavy atom. The number of nitrogens with one attached hydrogen (secondary N) is 1. The first-order valence-corrected chi connectivity index (χ1v) is 11.3. The zero-order valence-corrected chi connectivity index (χ0v) is 18.1. The molecular weight excluding hydrogens is 376 g/mol. The van der Waals surface area contributed by atoms with Crippen molar-refractivity contribution in [3.63, 3.8) is 0 Å². The fourth-order valence-electron chi connectivity index (χ4n) is 6.80. The van der Waals surface area contributed by atoms with Gasteiger partial charge < -0.3 is 10.1 Å². The molecule has 0 aliphatic heterocycles. The molecule has 0 radical (unpaired) electrons.